The predicted molar refractivity (Wildman–Crippen MR) is 78.0 cm³/mol. The van der Waals surface area contributed by atoms with Crippen LogP contribution in [-0.4, -0.2) is 27.0 Å². The van der Waals surface area contributed by atoms with E-state index in [-0.39, 0.29) is 16.5 Å². The molecular weight excluding hydrogens is 304 g/mol. The highest BCUT2D eigenvalue weighted by Crippen LogP contribution is 2.46. The fourth-order valence-corrected chi connectivity index (χ4v) is 5.84. The molecule has 0 aromatic carbocycles. The van der Waals surface area contributed by atoms with E-state index >= 15 is 0 Å². The molecule has 1 aliphatic heterocycles. The van der Waals surface area contributed by atoms with Crippen LogP contribution in [-0.2, 0) is 14.8 Å². The molecular formula is C11H18N2O3S3. The highest BCUT2D eigenvalue weighted by Gasteiger charge is 2.30. The second-order valence-electron chi connectivity index (χ2n) is 4.61. The van der Waals surface area contributed by atoms with E-state index in [0.717, 1.165) is 16.2 Å². The molecule has 1 aromatic heterocycles. The quantitative estimate of drug-likeness (QED) is 0.828. The van der Waals surface area contributed by atoms with Gasteiger partial charge in [0.2, 0.25) is 10.0 Å². The lowest BCUT2D eigenvalue weighted by molar-refractivity contribution is 0.0764. The van der Waals surface area contributed by atoms with Gasteiger partial charge < -0.3 is 4.74 Å². The third-order valence-electron chi connectivity index (χ3n) is 3.02. The van der Waals surface area contributed by atoms with Crippen molar-refractivity contribution in [2.75, 3.05) is 7.11 Å². The van der Waals surface area contributed by atoms with Crippen molar-refractivity contribution in [1.82, 2.24) is 5.32 Å². The SMILES string of the molecule is COC(C)NC1CC(C)Sc2sc(S(N)(=O)=O)cc21. The lowest BCUT2D eigenvalue weighted by Crippen LogP contribution is -2.34. The van der Waals surface area contributed by atoms with Gasteiger partial charge in [0.15, 0.2) is 0 Å². The Morgan fingerprint density at radius 3 is 2.84 bits per heavy atom. The molecule has 8 heteroatoms. The molecule has 0 saturated carbocycles. The van der Waals surface area contributed by atoms with E-state index < -0.39 is 10.0 Å². The molecule has 0 spiro atoms. The Morgan fingerprint density at radius 1 is 1.58 bits per heavy atom. The number of thiophene rings is 1. The predicted octanol–water partition coefficient (Wildman–Crippen LogP) is 1.90. The van der Waals surface area contributed by atoms with Crippen LogP contribution in [0, 0.1) is 0 Å². The van der Waals surface area contributed by atoms with Gasteiger partial charge in [-0.25, -0.2) is 13.6 Å². The average molecular weight is 322 g/mol. The molecule has 5 nitrogen and oxygen atoms in total. The second-order valence-corrected chi connectivity index (χ2v) is 9.16. The van der Waals surface area contributed by atoms with Gasteiger partial charge in [-0.15, -0.1) is 23.1 Å². The summed E-state index contributed by atoms with van der Waals surface area (Å²) in [6, 6.07) is 1.79. The number of nitrogens with one attached hydrogen (secondary N) is 1. The standard InChI is InChI=1S/C11H18N2O3S3/c1-6-4-9(13-7(2)16-3)8-5-10(19(12,14)15)18-11(8)17-6/h5-7,9,13H,4H2,1-3H3,(H2,12,14,15). The molecule has 1 aromatic rings. The van der Waals surface area contributed by atoms with Gasteiger partial charge in [-0.05, 0) is 25.0 Å². The minimum absolute atomic E-state index is 0.0778. The number of primary sulfonamides is 1. The second kappa shape index (κ2) is 5.71. The van der Waals surface area contributed by atoms with E-state index in [4.69, 9.17) is 9.88 Å². The van der Waals surface area contributed by atoms with Crippen LogP contribution in [0.1, 0.15) is 31.9 Å². The number of fused-ring (bicyclic) bond motifs is 1. The van der Waals surface area contributed by atoms with E-state index in [9.17, 15) is 8.42 Å². The number of ether oxygens (including phenoxy) is 1. The molecule has 0 bridgehead atoms. The summed E-state index contributed by atoms with van der Waals surface area (Å²) in [5, 5.41) is 8.99. The first-order valence-electron chi connectivity index (χ1n) is 5.93. The van der Waals surface area contributed by atoms with Crippen LogP contribution in [0.3, 0.4) is 0 Å². The largest absolute Gasteiger partial charge is 0.367 e. The van der Waals surface area contributed by atoms with Crippen molar-refractivity contribution in [3.05, 3.63) is 11.6 Å². The Hall–Kier alpha value is -0.120. The first kappa shape index (κ1) is 15.3. The van der Waals surface area contributed by atoms with Gasteiger partial charge >= 0.3 is 0 Å². The molecule has 3 unspecified atom stereocenters. The average Bonchev–Trinajstić information content (AvgIpc) is 2.72. The Kier molecular flexibility index (Phi) is 4.59. The van der Waals surface area contributed by atoms with Gasteiger partial charge in [0.1, 0.15) is 10.4 Å². The molecule has 0 saturated heterocycles. The van der Waals surface area contributed by atoms with Gasteiger partial charge in [-0.2, -0.15) is 0 Å². The van der Waals surface area contributed by atoms with Crippen molar-refractivity contribution in [3.63, 3.8) is 0 Å². The van der Waals surface area contributed by atoms with Crippen LogP contribution in [0.25, 0.3) is 0 Å². The first-order chi connectivity index (χ1) is 8.81. The number of hydrogen-bond acceptors (Lipinski definition) is 6. The highest BCUT2D eigenvalue weighted by atomic mass is 32.3. The summed E-state index contributed by atoms with van der Waals surface area (Å²) in [6.45, 7) is 4.06. The van der Waals surface area contributed by atoms with Crippen LogP contribution < -0.4 is 10.5 Å². The smallest absolute Gasteiger partial charge is 0.247 e. The summed E-state index contributed by atoms with van der Waals surface area (Å²) in [5.41, 5.74) is 1.01. The van der Waals surface area contributed by atoms with Crippen LogP contribution in [0.4, 0.5) is 0 Å². The number of thioether (sulfide) groups is 1. The Labute approximate surface area is 122 Å². The monoisotopic (exact) mass is 322 g/mol. The lowest BCUT2D eigenvalue weighted by Gasteiger charge is -2.29. The van der Waals surface area contributed by atoms with E-state index in [1.807, 2.05) is 6.92 Å². The molecule has 0 amide bonds. The maximum Gasteiger partial charge on any atom is 0.247 e. The number of nitrogens with two attached hydrogens (primary N) is 1. The third-order valence-corrected chi connectivity index (χ3v) is 6.97. The lowest BCUT2D eigenvalue weighted by atomic mass is 10.0. The maximum absolute atomic E-state index is 11.5. The molecule has 2 rings (SSSR count). The number of sulfonamides is 1. The summed E-state index contributed by atoms with van der Waals surface area (Å²) < 4.78 is 29.4. The first-order valence-corrected chi connectivity index (χ1v) is 9.17. The van der Waals surface area contributed by atoms with Crippen molar-refractivity contribution >= 4 is 33.1 Å². The minimum atomic E-state index is -3.63. The van der Waals surface area contributed by atoms with E-state index in [1.54, 1.807) is 24.9 Å². The van der Waals surface area contributed by atoms with Gasteiger partial charge in [0.25, 0.3) is 0 Å². The third kappa shape index (κ3) is 3.50. The summed E-state index contributed by atoms with van der Waals surface area (Å²) in [6.07, 6.45) is 0.859. The van der Waals surface area contributed by atoms with Crippen LogP contribution in [0.2, 0.25) is 0 Å². The summed E-state index contributed by atoms with van der Waals surface area (Å²) >= 11 is 2.96. The van der Waals surface area contributed by atoms with E-state index in [2.05, 4.69) is 12.2 Å². The fourth-order valence-electron chi connectivity index (χ4n) is 2.04. The topological polar surface area (TPSA) is 81.4 Å². The molecule has 3 N–H and O–H groups in total. The van der Waals surface area contributed by atoms with Crippen molar-refractivity contribution in [3.8, 4) is 0 Å². The Balaban J connectivity index is 2.34. The zero-order chi connectivity index (χ0) is 14.2. The normalized spacial score (nSPS) is 25.1. The van der Waals surface area contributed by atoms with Gasteiger partial charge in [0.05, 0.1) is 4.21 Å². The molecule has 108 valence electrons. The zero-order valence-electron chi connectivity index (χ0n) is 11.0. The van der Waals surface area contributed by atoms with Crippen LogP contribution in [0.5, 0.6) is 0 Å². The van der Waals surface area contributed by atoms with Crippen molar-refractivity contribution < 1.29 is 13.2 Å². The fraction of sp³-hybridized carbons (Fsp3) is 0.636. The van der Waals surface area contributed by atoms with Crippen molar-refractivity contribution in [2.24, 2.45) is 5.14 Å². The molecule has 3 atom stereocenters. The molecule has 1 aliphatic rings. The Bertz CT molecular complexity index is 556. The summed E-state index contributed by atoms with van der Waals surface area (Å²) in [5.74, 6) is 0. The van der Waals surface area contributed by atoms with Crippen molar-refractivity contribution in [1.29, 1.82) is 0 Å². The molecule has 0 radical (unpaired) electrons. The van der Waals surface area contributed by atoms with Gasteiger partial charge in [0, 0.05) is 18.4 Å². The van der Waals surface area contributed by atoms with Crippen LogP contribution in [0.15, 0.2) is 14.5 Å². The number of methoxy groups -OCH3 is 1. The number of rotatable bonds is 4. The molecule has 0 fully saturated rings. The van der Waals surface area contributed by atoms with Crippen LogP contribution >= 0.6 is 23.1 Å². The van der Waals surface area contributed by atoms with Gasteiger partial charge in [-0.1, -0.05) is 6.92 Å². The molecule has 2 heterocycles. The van der Waals surface area contributed by atoms with Crippen molar-refractivity contribution in [2.45, 2.75) is 46.2 Å². The Morgan fingerprint density at radius 2 is 2.26 bits per heavy atom. The zero-order valence-corrected chi connectivity index (χ0v) is 13.5. The highest BCUT2D eigenvalue weighted by molar-refractivity contribution is 8.02. The molecule has 19 heavy (non-hydrogen) atoms. The molecule has 0 aliphatic carbocycles. The summed E-state index contributed by atoms with van der Waals surface area (Å²) in [4.78, 5) is 0. The van der Waals surface area contributed by atoms with Gasteiger partial charge in [-0.3, -0.25) is 5.32 Å². The van der Waals surface area contributed by atoms with E-state index in [0.29, 0.717) is 5.25 Å². The maximum atomic E-state index is 11.5. The number of hydrogen-bond donors (Lipinski definition) is 2. The minimum Gasteiger partial charge on any atom is -0.367 e. The van der Waals surface area contributed by atoms with E-state index in [1.165, 1.54) is 11.3 Å². The summed E-state index contributed by atoms with van der Waals surface area (Å²) in [7, 11) is -1.98.